The number of nitrogens with zero attached hydrogens (tertiary/aromatic N) is 1. The number of fused-ring (bicyclic) bond motifs is 3. The number of rotatable bonds is 4. The van der Waals surface area contributed by atoms with Crippen molar-refractivity contribution in [1.82, 2.24) is 0 Å². The number of hydrogen-bond donors (Lipinski definition) is 0. The summed E-state index contributed by atoms with van der Waals surface area (Å²) in [6, 6.07) is 33.3. The normalized spacial score (nSPS) is 13.7. The second kappa shape index (κ2) is 7.94. The standard InChI is InChI=1S/C30H28BrN/c1-20(2)21-9-13-23(14-10-21)32(24-15-11-22(31)12-16-24)25-17-18-27-26-7-5-6-8-28(26)30(3,4)29(27)19-25/h5-20H,1-4H3. The summed E-state index contributed by atoms with van der Waals surface area (Å²) in [6.07, 6.45) is 0. The molecule has 0 heterocycles. The molecule has 0 spiro atoms. The van der Waals surface area contributed by atoms with Gasteiger partial charge < -0.3 is 4.90 Å². The van der Waals surface area contributed by atoms with Crippen molar-refractivity contribution < 1.29 is 0 Å². The van der Waals surface area contributed by atoms with Crippen molar-refractivity contribution in [2.24, 2.45) is 0 Å². The van der Waals surface area contributed by atoms with E-state index in [1.807, 2.05) is 0 Å². The minimum atomic E-state index is -0.0190. The van der Waals surface area contributed by atoms with Crippen LogP contribution in [0.5, 0.6) is 0 Å². The Morgan fingerprint density at radius 1 is 0.656 bits per heavy atom. The molecule has 1 aliphatic rings. The van der Waals surface area contributed by atoms with Crippen molar-refractivity contribution in [3.05, 3.63) is 112 Å². The molecular formula is C30H28BrN. The highest BCUT2D eigenvalue weighted by atomic mass is 79.9. The maximum absolute atomic E-state index is 3.59. The lowest BCUT2D eigenvalue weighted by atomic mass is 9.82. The van der Waals surface area contributed by atoms with Crippen LogP contribution in [0.25, 0.3) is 11.1 Å². The van der Waals surface area contributed by atoms with Gasteiger partial charge in [-0.15, -0.1) is 0 Å². The highest BCUT2D eigenvalue weighted by Crippen LogP contribution is 2.50. The van der Waals surface area contributed by atoms with Gasteiger partial charge in [0, 0.05) is 26.9 Å². The second-order valence-electron chi connectivity index (χ2n) is 9.46. The minimum Gasteiger partial charge on any atom is -0.310 e. The van der Waals surface area contributed by atoms with Crippen molar-refractivity contribution >= 4 is 33.0 Å². The molecule has 0 radical (unpaired) electrons. The molecule has 0 atom stereocenters. The maximum Gasteiger partial charge on any atom is 0.0465 e. The summed E-state index contributed by atoms with van der Waals surface area (Å²) in [4.78, 5) is 2.36. The van der Waals surface area contributed by atoms with Gasteiger partial charge in [-0.2, -0.15) is 0 Å². The van der Waals surface area contributed by atoms with Crippen molar-refractivity contribution in [2.75, 3.05) is 4.90 Å². The number of anilines is 3. The van der Waals surface area contributed by atoms with Crippen molar-refractivity contribution in [2.45, 2.75) is 39.0 Å². The van der Waals surface area contributed by atoms with Gasteiger partial charge in [-0.05, 0) is 82.3 Å². The Bertz CT molecular complexity index is 1270. The van der Waals surface area contributed by atoms with Crippen molar-refractivity contribution in [3.63, 3.8) is 0 Å². The van der Waals surface area contributed by atoms with Crippen LogP contribution in [0.1, 0.15) is 50.3 Å². The van der Waals surface area contributed by atoms with Crippen molar-refractivity contribution in [3.8, 4) is 11.1 Å². The molecule has 160 valence electrons. The lowest BCUT2D eigenvalue weighted by molar-refractivity contribution is 0.660. The highest BCUT2D eigenvalue weighted by Gasteiger charge is 2.35. The molecule has 0 N–H and O–H groups in total. The Labute approximate surface area is 199 Å². The van der Waals surface area contributed by atoms with Crippen LogP contribution in [0.2, 0.25) is 0 Å². The van der Waals surface area contributed by atoms with Gasteiger partial charge >= 0.3 is 0 Å². The Balaban J connectivity index is 1.66. The van der Waals surface area contributed by atoms with Crippen LogP contribution in [0.3, 0.4) is 0 Å². The molecule has 1 nitrogen and oxygen atoms in total. The molecule has 4 aromatic carbocycles. The summed E-state index contributed by atoms with van der Waals surface area (Å²) in [5.74, 6) is 0.518. The van der Waals surface area contributed by atoms with E-state index in [2.05, 4.69) is 140 Å². The fourth-order valence-electron chi connectivity index (χ4n) is 4.88. The van der Waals surface area contributed by atoms with E-state index in [1.165, 1.54) is 39.2 Å². The Morgan fingerprint density at radius 2 is 1.22 bits per heavy atom. The third kappa shape index (κ3) is 3.47. The first-order valence-corrected chi connectivity index (χ1v) is 12.1. The van der Waals surface area contributed by atoms with Crippen LogP contribution >= 0.6 is 15.9 Å². The largest absolute Gasteiger partial charge is 0.310 e. The summed E-state index contributed by atoms with van der Waals surface area (Å²) in [5, 5.41) is 0. The van der Waals surface area contributed by atoms with E-state index >= 15 is 0 Å². The Kier molecular flexibility index (Phi) is 5.22. The second-order valence-corrected chi connectivity index (χ2v) is 10.4. The van der Waals surface area contributed by atoms with Gasteiger partial charge in [0.1, 0.15) is 0 Å². The van der Waals surface area contributed by atoms with E-state index in [-0.39, 0.29) is 5.41 Å². The summed E-state index contributed by atoms with van der Waals surface area (Å²) in [7, 11) is 0. The zero-order valence-electron chi connectivity index (χ0n) is 19.1. The van der Waals surface area contributed by atoms with E-state index in [1.54, 1.807) is 0 Å². The quantitative estimate of drug-likeness (QED) is 0.280. The monoisotopic (exact) mass is 481 g/mol. The molecule has 0 aromatic heterocycles. The summed E-state index contributed by atoms with van der Waals surface area (Å²) >= 11 is 3.59. The molecule has 0 fully saturated rings. The van der Waals surface area contributed by atoms with Crippen LogP contribution in [0.15, 0.2) is 95.5 Å². The van der Waals surface area contributed by atoms with E-state index in [0.29, 0.717) is 5.92 Å². The molecule has 0 saturated carbocycles. The first-order valence-electron chi connectivity index (χ1n) is 11.3. The van der Waals surface area contributed by atoms with Crippen LogP contribution in [0.4, 0.5) is 17.1 Å². The van der Waals surface area contributed by atoms with E-state index in [0.717, 1.165) is 10.2 Å². The van der Waals surface area contributed by atoms with Crippen LogP contribution in [0, 0.1) is 0 Å². The predicted octanol–water partition coefficient (Wildman–Crippen LogP) is 9.35. The fraction of sp³-hybridized carbons (Fsp3) is 0.200. The van der Waals surface area contributed by atoms with Gasteiger partial charge in [0.05, 0.1) is 0 Å². The van der Waals surface area contributed by atoms with E-state index < -0.39 is 0 Å². The maximum atomic E-state index is 3.59. The molecular weight excluding hydrogens is 454 g/mol. The number of benzene rings is 4. The third-order valence-corrected chi connectivity index (χ3v) is 7.26. The fourth-order valence-corrected chi connectivity index (χ4v) is 5.14. The van der Waals surface area contributed by atoms with Crippen LogP contribution in [-0.2, 0) is 5.41 Å². The third-order valence-electron chi connectivity index (χ3n) is 6.73. The summed E-state index contributed by atoms with van der Waals surface area (Å²) in [6.45, 7) is 9.15. The zero-order valence-corrected chi connectivity index (χ0v) is 20.6. The lowest BCUT2D eigenvalue weighted by Gasteiger charge is -2.28. The number of hydrogen-bond acceptors (Lipinski definition) is 1. The molecule has 0 bridgehead atoms. The average Bonchev–Trinajstić information content (AvgIpc) is 3.03. The first kappa shape index (κ1) is 21.0. The molecule has 0 amide bonds. The van der Waals surface area contributed by atoms with Crippen molar-refractivity contribution in [1.29, 1.82) is 0 Å². The predicted molar refractivity (Wildman–Crippen MR) is 140 cm³/mol. The van der Waals surface area contributed by atoms with E-state index in [4.69, 9.17) is 0 Å². The molecule has 0 unspecified atom stereocenters. The molecule has 0 aliphatic heterocycles. The lowest BCUT2D eigenvalue weighted by Crippen LogP contribution is -2.16. The van der Waals surface area contributed by atoms with Gasteiger partial charge in [0.25, 0.3) is 0 Å². The van der Waals surface area contributed by atoms with Gasteiger partial charge in [0.2, 0.25) is 0 Å². The number of halogens is 1. The van der Waals surface area contributed by atoms with Crippen LogP contribution < -0.4 is 4.90 Å². The summed E-state index contributed by atoms with van der Waals surface area (Å²) in [5.41, 5.74) is 10.3. The zero-order chi connectivity index (χ0) is 22.5. The molecule has 32 heavy (non-hydrogen) atoms. The van der Waals surface area contributed by atoms with E-state index in [9.17, 15) is 0 Å². The average molecular weight is 482 g/mol. The smallest absolute Gasteiger partial charge is 0.0465 e. The Hall–Kier alpha value is -2.84. The molecule has 0 saturated heterocycles. The van der Waals surface area contributed by atoms with Gasteiger partial charge in [-0.3, -0.25) is 0 Å². The van der Waals surface area contributed by atoms with Gasteiger partial charge in [-0.1, -0.05) is 86.1 Å². The Morgan fingerprint density at radius 3 is 1.88 bits per heavy atom. The van der Waals surface area contributed by atoms with Gasteiger partial charge in [-0.25, -0.2) is 0 Å². The SMILES string of the molecule is CC(C)c1ccc(N(c2ccc(Br)cc2)c2ccc3c(c2)C(C)(C)c2ccccc2-3)cc1. The molecule has 1 aliphatic carbocycles. The molecule has 2 heteroatoms. The summed E-state index contributed by atoms with van der Waals surface area (Å²) < 4.78 is 1.09. The highest BCUT2D eigenvalue weighted by molar-refractivity contribution is 9.10. The first-order chi connectivity index (χ1) is 15.4. The van der Waals surface area contributed by atoms with Gasteiger partial charge in [0.15, 0.2) is 0 Å². The molecule has 5 rings (SSSR count). The topological polar surface area (TPSA) is 3.24 Å². The van der Waals surface area contributed by atoms with Crippen LogP contribution in [-0.4, -0.2) is 0 Å². The molecule has 4 aromatic rings. The minimum absolute atomic E-state index is 0.0190.